The van der Waals surface area contributed by atoms with E-state index in [9.17, 15) is 9.90 Å². The molecule has 5 nitrogen and oxygen atoms in total. The van der Waals surface area contributed by atoms with Gasteiger partial charge < -0.3 is 20.5 Å². The van der Waals surface area contributed by atoms with E-state index in [-0.39, 0.29) is 18.4 Å². The molecule has 102 valence electrons. The SMILES string of the molecule is CC(C)(C)OC(=O)N1C[C@@H](N)CC[C@@H](O)C1.Cl. The maximum Gasteiger partial charge on any atom is 0.410 e. The maximum absolute atomic E-state index is 11.8. The number of amides is 1. The highest BCUT2D eigenvalue weighted by Crippen LogP contribution is 2.14. The van der Waals surface area contributed by atoms with Crippen LogP contribution in [0.3, 0.4) is 0 Å². The molecular weight excluding hydrogens is 244 g/mol. The lowest BCUT2D eigenvalue weighted by Gasteiger charge is -2.28. The van der Waals surface area contributed by atoms with Gasteiger partial charge in [-0.15, -0.1) is 12.4 Å². The highest BCUT2D eigenvalue weighted by atomic mass is 35.5. The standard InChI is InChI=1S/C11H22N2O3.ClH/c1-11(2,3)16-10(15)13-6-8(12)4-5-9(14)7-13;/h8-9,14H,4-7,12H2,1-3H3;1H/t8-,9+;/m0./s1. The Morgan fingerprint density at radius 3 is 2.47 bits per heavy atom. The number of ether oxygens (including phenoxy) is 1. The first kappa shape index (κ1) is 16.5. The number of carbonyl (C=O) groups is 1. The molecule has 1 aliphatic heterocycles. The Kier molecular flexibility index (Phi) is 6.23. The fourth-order valence-corrected chi connectivity index (χ4v) is 1.68. The summed E-state index contributed by atoms with van der Waals surface area (Å²) in [5.41, 5.74) is 5.31. The van der Waals surface area contributed by atoms with Crippen LogP contribution in [0.25, 0.3) is 0 Å². The van der Waals surface area contributed by atoms with Crippen LogP contribution < -0.4 is 5.73 Å². The van der Waals surface area contributed by atoms with Gasteiger partial charge in [-0.05, 0) is 33.6 Å². The van der Waals surface area contributed by atoms with E-state index in [2.05, 4.69) is 0 Å². The van der Waals surface area contributed by atoms with Gasteiger partial charge in [-0.3, -0.25) is 0 Å². The van der Waals surface area contributed by atoms with Gasteiger partial charge in [0.25, 0.3) is 0 Å². The Balaban J connectivity index is 0.00000256. The fourth-order valence-electron chi connectivity index (χ4n) is 1.68. The summed E-state index contributed by atoms with van der Waals surface area (Å²) in [6, 6.07) is -0.0790. The van der Waals surface area contributed by atoms with E-state index in [0.717, 1.165) is 6.42 Å². The van der Waals surface area contributed by atoms with Crippen molar-refractivity contribution >= 4 is 18.5 Å². The molecule has 1 amide bonds. The molecule has 0 unspecified atom stereocenters. The van der Waals surface area contributed by atoms with E-state index < -0.39 is 17.8 Å². The third-order valence-electron chi connectivity index (χ3n) is 2.41. The van der Waals surface area contributed by atoms with Gasteiger partial charge in [0.05, 0.1) is 6.10 Å². The van der Waals surface area contributed by atoms with E-state index in [1.165, 1.54) is 4.90 Å². The van der Waals surface area contributed by atoms with E-state index in [4.69, 9.17) is 10.5 Å². The molecule has 0 spiro atoms. The lowest BCUT2D eigenvalue weighted by molar-refractivity contribution is 0.0168. The number of likely N-dealkylation sites (tertiary alicyclic amines) is 1. The minimum absolute atomic E-state index is 0. The average molecular weight is 267 g/mol. The van der Waals surface area contributed by atoms with E-state index in [1.54, 1.807) is 0 Å². The number of β-amino-alcohol motifs (C(OH)–C–C–N with tert-alkyl or cyclic N) is 1. The Morgan fingerprint density at radius 2 is 1.94 bits per heavy atom. The van der Waals surface area contributed by atoms with Crippen LogP contribution in [0.1, 0.15) is 33.6 Å². The molecule has 17 heavy (non-hydrogen) atoms. The number of aliphatic hydroxyl groups excluding tert-OH is 1. The van der Waals surface area contributed by atoms with Crippen molar-refractivity contribution in [2.75, 3.05) is 13.1 Å². The quantitative estimate of drug-likeness (QED) is 0.689. The minimum atomic E-state index is -0.515. The van der Waals surface area contributed by atoms with Crippen molar-refractivity contribution in [2.24, 2.45) is 5.73 Å². The molecule has 1 fully saturated rings. The first-order chi connectivity index (χ1) is 7.28. The number of nitrogens with zero attached hydrogens (tertiary/aromatic N) is 1. The molecule has 1 aliphatic rings. The molecule has 1 saturated heterocycles. The van der Waals surface area contributed by atoms with Crippen molar-refractivity contribution in [1.82, 2.24) is 4.90 Å². The number of aliphatic hydroxyl groups is 1. The van der Waals surface area contributed by atoms with E-state index in [0.29, 0.717) is 19.5 Å². The zero-order valence-electron chi connectivity index (χ0n) is 10.7. The van der Waals surface area contributed by atoms with Crippen LogP contribution in [0, 0.1) is 0 Å². The maximum atomic E-state index is 11.8. The van der Waals surface area contributed by atoms with Crippen LogP contribution in [0.2, 0.25) is 0 Å². The van der Waals surface area contributed by atoms with Crippen molar-refractivity contribution in [2.45, 2.75) is 51.4 Å². The highest BCUT2D eigenvalue weighted by Gasteiger charge is 2.27. The summed E-state index contributed by atoms with van der Waals surface area (Å²) in [7, 11) is 0. The summed E-state index contributed by atoms with van der Waals surface area (Å²) in [6.45, 7) is 6.21. The van der Waals surface area contributed by atoms with Gasteiger partial charge in [0.15, 0.2) is 0 Å². The van der Waals surface area contributed by atoms with E-state index >= 15 is 0 Å². The number of rotatable bonds is 0. The fraction of sp³-hybridized carbons (Fsp3) is 0.909. The summed E-state index contributed by atoms with van der Waals surface area (Å²) in [5.74, 6) is 0. The number of nitrogens with two attached hydrogens (primary N) is 1. The molecular formula is C11H23ClN2O3. The van der Waals surface area contributed by atoms with Crippen LogP contribution in [0.4, 0.5) is 4.79 Å². The molecule has 1 heterocycles. The van der Waals surface area contributed by atoms with Crippen LogP contribution in [0.5, 0.6) is 0 Å². The largest absolute Gasteiger partial charge is 0.444 e. The van der Waals surface area contributed by atoms with Crippen LogP contribution in [-0.2, 0) is 4.74 Å². The Bertz CT molecular complexity index is 244. The Labute approximate surface area is 109 Å². The van der Waals surface area contributed by atoms with Crippen LogP contribution >= 0.6 is 12.4 Å². The second kappa shape index (κ2) is 6.42. The van der Waals surface area contributed by atoms with E-state index in [1.807, 2.05) is 20.8 Å². The van der Waals surface area contributed by atoms with Gasteiger partial charge in [-0.25, -0.2) is 4.79 Å². The summed E-state index contributed by atoms with van der Waals surface area (Å²) < 4.78 is 5.25. The highest BCUT2D eigenvalue weighted by molar-refractivity contribution is 5.85. The van der Waals surface area contributed by atoms with Gasteiger partial charge in [-0.1, -0.05) is 0 Å². The summed E-state index contributed by atoms with van der Waals surface area (Å²) in [5, 5.41) is 9.62. The molecule has 2 atom stereocenters. The molecule has 0 bridgehead atoms. The molecule has 6 heteroatoms. The van der Waals surface area contributed by atoms with Crippen molar-refractivity contribution in [3.8, 4) is 0 Å². The summed E-state index contributed by atoms with van der Waals surface area (Å²) >= 11 is 0. The van der Waals surface area contributed by atoms with Crippen molar-refractivity contribution in [3.05, 3.63) is 0 Å². The first-order valence-electron chi connectivity index (χ1n) is 5.69. The monoisotopic (exact) mass is 266 g/mol. The summed E-state index contributed by atoms with van der Waals surface area (Å²) in [6.07, 6.45) is 0.478. The number of halogens is 1. The average Bonchev–Trinajstić information content (AvgIpc) is 2.25. The zero-order chi connectivity index (χ0) is 12.3. The second-order valence-electron chi connectivity index (χ2n) is 5.38. The van der Waals surface area contributed by atoms with Crippen LogP contribution in [-0.4, -0.2) is 46.9 Å². The smallest absolute Gasteiger partial charge is 0.410 e. The molecule has 0 aromatic heterocycles. The molecule has 0 aromatic rings. The molecule has 1 rings (SSSR count). The summed E-state index contributed by atoms with van der Waals surface area (Å²) in [4.78, 5) is 13.3. The van der Waals surface area contributed by atoms with Crippen molar-refractivity contribution in [1.29, 1.82) is 0 Å². The normalized spacial score (nSPS) is 25.8. The third kappa shape index (κ3) is 6.10. The zero-order valence-corrected chi connectivity index (χ0v) is 11.5. The predicted molar refractivity (Wildman–Crippen MR) is 68.3 cm³/mol. The predicted octanol–water partition coefficient (Wildman–Crippen LogP) is 1.13. The Morgan fingerprint density at radius 1 is 1.35 bits per heavy atom. The van der Waals surface area contributed by atoms with Gasteiger partial charge in [0.2, 0.25) is 0 Å². The lowest BCUT2D eigenvalue weighted by atomic mass is 10.1. The minimum Gasteiger partial charge on any atom is -0.444 e. The van der Waals surface area contributed by atoms with Gasteiger partial charge in [0.1, 0.15) is 5.60 Å². The molecule has 0 saturated carbocycles. The molecule has 0 aliphatic carbocycles. The van der Waals surface area contributed by atoms with Crippen LogP contribution in [0.15, 0.2) is 0 Å². The number of carbonyl (C=O) groups excluding carboxylic acids is 1. The molecule has 0 radical (unpaired) electrons. The van der Waals surface area contributed by atoms with Gasteiger partial charge in [0, 0.05) is 19.1 Å². The lowest BCUT2D eigenvalue weighted by Crippen LogP contribution is -2.44. The number of hydrogen-bond acceptors (Lipinski definition) is 4. The third-order valence-corrected chi connectivity index (χ3v) is 2.41. The molecule has 3 N–H and O–H groups in total. The van der Waals surface area contributed by atoms with Gasteiger partial charge in [-0.2, -0.15) is 0 Å². The first-order valence-corrected chi connectivity index (χ1v) is 5.69. The van der Waals surface area contributed by atoms with Crippen molar-refractivity contribution < 1.29 is 14.6 Å². The van der Waals surface area contributed by atoms with Crippen molar-refractivity contribution in [3.63, 3.8) is 0 Å². The van der Waals surface area contributed by atoms with Gasteiger partial charge >= 0.3 is 6.09 Å². The number of hydrogen-bond donors (Lipinski definition) is 2. The Hall–Kier alpha value is -0.520. The second-order valence-corrected chi connectivity index (χ2v) is 5.38. The topological polar surface area (TPSA) is 75.8 Å². The molecule has 0 aromatic carbocycles.